The first-order valence-corrected chi connectivity index (χ1v) is 11.1. The lowest BCUT2D eigenvalue weighted by molar-refractivity contribution is -0.139. The van der Waals surface area contributed by atoms with E-state index in [1.165, 1.54) is 12.3 Å². The van der Waals surface area contributed by atoms with E-state index in [-0.39, 0.29) is 18.6 Å². The second kappa shape index (κ2) is 8.07. The van der Waals surface area contributed by atoms with Gasteiger partial charge in [-0.05, 0) is 75.4 Å². The van der Waals surface area contributed by atoms with Gasteiger partial charge in [-0.3, -0.25) is 4.98 Å². The number of hydrogen-bond donors (Lipinski definition) is 0. The summed E-state index contributed by atoms with van der Waals surface area (Å²) in [4.78, 5) is 3.39. The minimum absolute atomic E-state index is 0.0599. The number of aromatic nitrogens is 1. The van der Waals surface area contributed by atoms with Crippen molar-refractivity contribution in [2.75, 3.05) is 0 Å². The van der Waals surface area contributed by atoms with Crippen molar-refractivity contribution in [3.05, 3.63) is 47.8 Å². The van der Waals surface area contributed by atoms with E-state index < -0.39 is 31.7 Å². The van der Waals surface area contributed by atoms with Crippen LogP contribution in [0.1, 0.15) is 44.4 Å². The summed E-state index contributed by atoms with van der Waals surface area (Å²) in [6, 6.07) is 6.68. The highest BCUT2D eigenvalue weighted by Gasteiger charge is 2.42. The standard InChI is InChI=1S/C21H24F3NO3S/c1-13(2)28-17-5-6-18(12-17)29(26,27)20-7-4-15(11-19(20)21(22,23)24)16-8-9-25-14(3)10-16/h4,7-11,13,17-18H,5-6,12H2,1-3H3/t17-,18-/m1/s1. The molecule has 1 aliphatic carbocycles. The van der Waals surface area contributed by atoms with Crippen LogP contribution in [0.4, 0.5) is 13.2 Å². The van der Waals surface area contributed by atoms with Crippen molar-refractivity contribution >= 4 is 9.84 Å². The summed E-state index contributed by atoms with van der Waals surface area (Å²) >= 11 is 0. The molecule has 1 aliphatic rings. The van der Waals surface area contributed by atoms with Gasteiger partial charge >= 0.3 is 6.18 Å². The Bertz CT molecular complexity index is 987. The van der Waals surface area contributed by atoms with Gasteiger partial charge in [-0.2, -0.15) is 13.2 Å². The molecule has 1 saturated carbocycles. The predicted octanol–water partition coefficient (Wildman–Crippen LogP) is 5.20. The van der Waals surface area contributed by atoms with Crippen LogP contribution in [-0.4, -0.2) is 30.9 Å². The van der Waals surface area contributed by atoms with Crippen molar-refractivity contribution in [1.29, 1.82) is 0 Å². The minimum atomic E-state index is -4.78. The average molecular weight is 427 g/mol. The van der Waals surface area contributed by atoms with Crippen molar-refractivity contribution in [2.45, 2.75) is 68.6 Å². The van der Waals surface area contributed by atoms with E-state index in [1.54, 1.807) is 19.1 Å². The lowest BCUT2D eigenvalue weighted by atomic mass is 10.0. The molecule has 4 nitrogen and oxygen atoms in total. The Hall–Kier alpha value is -1.93. The number of aryl methyl sites for hydroxylation is 1. The molecule has 1 aromatic carbocycles. The molecule has 0 unspecified atom stereocenters. The van der Waals surface area contributed by atoms with Crippen LogP contribution in [0, 0.1) is 6.92 Å². The van der Waals surface area contributed by atoms with Gasteiger partial charge in [0.15, 0.2) is 9.84 Å². The molecular weight excluding hydrogens is 403 g/mol. The van der Waals surface area contributed by atoms with Crippen LogP contribution in [0.25, 0.3) is 11.1 Å². The van der Waals surface area contributed by atoms with Crippen LogP contribution in [0.2, 0.25) is 0 Å². The topological polar surface area (TPSA) is 56.3 Å². The molecule has 0 saturated heterocycles. The Morgan fingerprint density at radius 2 is 1.79 bits per heavy atom. The minimum Gasteiger partial charge on any atom is -0.376 e. The molecule has 1 fully saturated rings. The molecule has 0 spiro atoms. The van der Waals surface area contributed by atoms with E-state index in [0.717, 1.165) is 12.1 Å². The third-order valence-electron chi connectivity index (χ3n) is 5.06. The van der Waals surface area contributed by atoms with Gasteiger partial charge in [0.1, 0.15) is 0 Å². The number of sulfone groups is 1. The highest BCUT2D eigenvalue weighted by atomic mass is 32.2. The fraction of sp³-hybridized carbons (Fsp3) is 0.476. The van der Waals surface area contributed by atoms with Gasteiger partial charge in [0, 0.05) is 11.9 Å². The summed E-state index contributed by atoms with van der Waals surface area (Å²) in [5, 5.41) is -0.874. The molecule has 0 radical (unpaired) electrons. The smallest absolute Gasteiger partial charge is 0.376 e. The molecule has 0 bridgehead atoms. The molecule has 0 amide bonds. The largest absolute Gasteiger partial charge is 0.417 e. The van der Waals surface area contributed by atoms with Crippen molar-refractivity contribution in [3.63, 3.8) is 0 Å². The van der Waals surface area contributed by atoms with E-state index in [4.69, 9.17) is 4.74 Å². The lowest BCUT2D eigenvalue weighted by Gasteiger charge is -2.19. The molecule has 158 valence electrons. The molecular formula is C21H24F3NO3S. The van der Waals surface area contributed by atoms with E-state index in [2.05, 4.69) is 4.98 Å². The molecule has 8 heteroatoms. The Morgan fingerprint density at radius 1 is 1.10 bits per heavy atom. The molecule has 3 rings (SSSR count). The molecule has 29 heavy (non-hydrogen) atoms. The van der Waals surface area contributed by atoms with Gasteiger partial charge in [0.2, 0.25) is 0 Å². The van der Waals surface area contributed by atoms with Gasteiger partial charge in [0.05, 0.1) is 27.9 Å². The van der Waals surface area contributed by atoms with Gasteiger partial charge in [-0.1, -0.05) is 6.07 Å². The average Bonchev–Trinajstić information content (AvgIpc) is 3.09. The van der Waals surface area contributed by atoms with Gasteiger partial charge in [0.25, 0.3) is 0 Å². The summed E-state index contributed by atoms with van der Waals surface area (Å²) in [6.45, 7) is 5.44. The first-order chi connectivity index (χ1) is 13.5. The van der Waals surface area contributed by atoms with Crippen LogP contribution in [0.15, 0.2) is 41.4 Å². The predicted molar refractivity (Wildman–Crippen MR) is 104 cm³/mol. The van der Waals surface area contributed by atoms with E-state index in [0.29, 0.717) is 29.7 Å². The summed E-state index contributed by atoms with van der Waals surface area (Å²) in [6.07, 6.45) is -2.55. The summed E-state index contributed by atoms with van der Waals surface area (Å²) in [5.74, 6) is 0. The number of benzene rings is 1. The Labute approximate surface area is 169 Å². The summed E-state index contributed by atoms with van der Waals surface area (Å²) in [5.41, 5.74) is 0.389. The monoisotopic (exact) mass is 427 g/mol. The quantitative estimate of drug-likeness (QED) is 0.659. The first kappa shape index (κ1) is 21.8. The SMILES string of the molecule is Cc1cc(-c2ccc(S(=O)(=O)[C@@H]3CC[C@@H](OC(C)C)C3)c(C(F)(F)F)c2)ccn1. The number of alkyl halides is 3. The van der Waals surface area contributed by atoms with Crippen LogP contribution in [0.3, 0.4) is 0 Å². The van der Waals surface area contributed by atoms with Crippen molar-refractivity contribution < 1.29 is 26.3 Å². The molecule has 0 aliphatic heterocycles. The number of halogens is 3. The third kappa shape index (κ3) is 4.80. The van der Waals surface area contributed by atoms with Crippen molar-refractivity contribution in [2.24, 2.45) is 0 Å². The maximum absolute atomic E-state index is 13.8. The van der Waals surface area contributed by atoms with Crippen molar-refractivity contribution in [1.82, 2.24) is 4.98 Å². The molecule has 2 atom stereocenters. The second-order valence-corrected chi connectivity index (χ2v) is 9.88. The Balaban J connectivity index is 2.00. The number of rotatable bonds is 5. The second-order valence-electron chi connectivity index (χ2n) is 7.68. The van der Waals surface area contributed by atoms with Gasteiger partial charge in [-0.25, -0.2) is 8.42 Å². The van der Waals surface area contributed by atoms with Crippen LogP contribution >= 0.6 is 0 Å². The van der Waals surface area contributed by atoms with E-state index in [9.17, 15) is 21.6 Å². The normalized spacial score (nSPS) is 20.4. The highest BCUT2D eigenvalue weighted by molar-refractivity contribution is 7.92. The maximum atomic E-state index is 13.8. The fourth-order valence-corrected chi connectivity index (χ4v) is 5.79. The van der Waals surface area contributed by atoms with E-state index in [1.807, 2.05) is 13.8 Å². The van der Waals surface area contributed by atoms with E-state index >= 15 is 0 Å². The number of hydrogen-bond acceptors (Lipinski definition) is 4. The zero-order chi connectivity index (χ0) is 21.4. The zero-order valence-corrected chi connectivity index (χ0v) is 17.3. The first-order valence-electron chi connectivity index (χ1n) is 9.52. The van der Waals surface area contributed by atoms with Crippen LogP contribution in [-0.2, 0) is 20.8 Å². The molecule has 1 heterocycles. The number of pyridine rings is 1. The maximum Gasteiger partial charge on any atom is 0.417 e. The Kier molecular flexibility index (Phi) is 6.06. The summed E-state index contributed by atoms with van der Waals surface area (Å²) < 4.78 is 73.2. The Morgan fingerprint density at radius 3 is 2.41 bits per heavy atom. The molecule has 0 N–H and O–H groups in total. The molecule has 2 aromatic rings. The van der Waals surface area contributed by atoms with Crippen molar-refractivity contribution in [3.8, 4) is 11.1 Å². The fourth-order valence-electron chi connectivity index (χ4n) is 3.77. The number of nitrogens with zero attached hydrogens (tertiary/aromatic N) is 1. The highest BCUT2D eigenvalue weighted by Crippen LogP contribution is 2.40. The van der Waals surface area contributed by atoms with Gasteiger partial charge in [-0.15, -0.1) is 0 Å². The molecule has 1 aromatic heterocycles. The van der Waals surface area contributed by atoms with Crippen LogP contribution < -0.4 is 0 Å². The third-order valence-corrected chi connectivity index (χ3v) is 7.34. The number of ether oxygens (including phenoxy) is 1. The zero-order valence-electron chi connectivity index (χ0n) is 16.5. The lowest BCUT2D eigenvalue weighted by Crippen LogP contribution is -2.24. The summed E-state index contributed by atoms with van der Waals surface area (Å²) in [7, 11) is -4.14. The van der Waals surface area contributed by atoms with Crippen LogP contribution in [0.5, 0.6) is 0 Å². The van der Waals surface area contributed by atoms with Gasteiger partial charge < -0.3 is 4.74 Å².